The summed E-state index contributed by atoms with van der Waals surface area (Å²) in [5, 5.41) is 24.4. The highest BCUT2D eigenvalue weighted by molar-refractivity contribution is 7.98. The molecule has 2 aromatic heterocycles. The molecule has 2 aromatic rings. The summed E-state index contributed by atoms with van der Waals surface area (Å²) in [7, 11) is 0. The molecule has 8 nitrogen and oxygen atoms in total. The zero-order chi connectivity index (χ0) is 14.4. The maximum absolute atomic E-state index is 4.06. The Bertz CT molecular complexity index is 520. The topological polar surface area (TPSA) is 87.2 Å². The van der Waals surface area contributed by atoms with Crippen molar-refractivity contribution in [3.63, 3.8) is 0 Å². The van der Waals surface area contributed by atoms with Crippen LogP contribution in [-0.4, -0.2) is 40.4 Å². The highest BCUT2D eigenvalue weighted by Gasteiger charge is 2.12. The Morgan fingerprint density at radius 1 is 1.10 bits per heavy atom. The summed E-state index contributed by atoms with van der Waals surface area (Å²) in [5.41, 5.74) is 0. The van der Waals surface area contributed by atoms with Gasteiger partial charge in [0.1, 0.15) is 0 Å². The van der Waals surface area contributed by atoms with E-state index in [0.717, 1.165) is 36.9 Å². The molecule has 0 aliphatic carbocycles. The zero-order valence-electron chi connectivity index (χ0n) is 12.1. The number of thioether (sulfide) groups is 1. The molecule has 0 saturated heterocycles. The second-order valence-corrected chi connectivity index (χ2v) is 5.94. The normalized spacial score (nSPS) is 11.4. The van der Waals surface area contributed by atoms with Crippen molar-refractivity contribution in [3.8, 4) is 0 Å². The van der Waals surface area contributed by atoms with Gasteiger partial charge in [0.05, 0.1) is 5.75 Å². The van der Waals surface area contributed by atoms with Gasteiger partial charge in [-0.25, -0.2) is 9.36 Å². The minimum absolute atomic E-state index is 0.507. The van der Waals surface area contributed by atoms with Crippen molar-refractivity contribution in [2.75, 3.05) is 0 Å². The average Bonchev–Trinajstić information content (AvgIpc) is 3.02. The fraction of sp³-hybridized carbons (Fsp3) is 0.818. The van der Waals surface area contributed by atoms with Crippen LogP contribution in [-0.2, 0) is 18.8 Å². The molecular formula is C11H20N8S. The van der Waals surface area contributed by atoms with Gasteiger partial charge in [0, 0.05) is 13.1 Å². The van der Waals surface area contributed by atoms with Gasteiger partial charge >= 0.3 is 0 Å². The molecule has 0 bridgehead atoms. The first-order valence-corrected chi connectivity index (χ1v) is 7.83. The molecular weight excluding hydrogens is 276 g/mol. The Morgan fingerprint density at radius 2 is 1.85 bits per heavy atom. The lowest BCUT2D eigenvalue weighted by Gasteiger charge is -2.06. The van der Waals surface area contributed by atoms with Crippen LogP contribution in [0.2, 0.25) is 0 Å². The predicted octanol–water partition coefficient (Wildman–Crippen LogP) is 1.41. The van der Waals surface area contributed by atoms with Gasteiger partial charge in [0.15, 0.2) is 5.82 Å². The summed E-state index contributed by atoms with van der Waals surface area (Å²) in [5.74, 6) is 2.05. The van der Waals surface area contributed by atoms with Gasteiger partial charge < -0.3 is 0 Å². The summed E-state index contributed by atoms with van der Waals surface area (Å²) in [6.45, 7) is 8.11. The molecule has 0 aliphatic heterocycles. The largest absolute Gasteiger partial charge is 0.229 e. The Balaban J connectivity index is 1.95. The minimum Gasteiger partial charge on any atom is -0.229 e. The van der Waals surface area contributed by atoms with Crippen molar-refractivity contribution < 1.29 is 0 Å². The predicted molar refractivity (Wildman–Crippen MR) is 74.9 cm³/mol. The molecule has 0 aliphatic rings. The lowest BCUT2D eigenvalue weighted by Crippen LogP contribution is -2.08. The smallest absolute Gasteiger partial charge is 0.209 e. The third-order valence-electron chi connectivity index (χ3n) is 2.70. The Hall–Kier alpha value is -1.51. The lowest BCUT2D eigenvalue weighted by atomic mass is 10.2. The van der Waals surface area contributed by atoms with E-state index in [2.05, 4.69) is 51.8 Å². The molecule has 0 fully saturated rings. The van der Waals surface area contributed by atoms with Crippen LogP contribution in [0.5, 0.6) is 0 Å². The van der Waals surface area contributed by atoms with Crippen LogP contribution in [0.25, 0.3) is 0 Å². The molecule has 0 amide bonds. The third-order valence-corrected chi connectivity index (χ3v) is 3.65. The zero-order valence-corrected chi connectivity index (χ0v) is 12.9. The Labute approximate surface area is 122 Å². The van der Waals surface area contributed by atoms with Gasteiger partial charge in [-0.1, -0.05) is 39.0 Å². The van der Waals surface area contributed by atoms with E-state index in [9.17, 15) is 0 Å². The molecule has 2 heterocycles. The van der Waals surface area contributed by atoms with E-state index in [4.69, 9.17) is 0 Å². The van der Waals surface area contributed by atoms with Crippen LogP contribution < -0.4 is 0 Å². The lowest BCUT2D eigenvalue weighted by molar-refractivity contribution is 0.445. The maximum Gasteiger partial charge on any atom is 0.209 e. The summed E-state index contributed by atoms with van der Waals surface area (Å²) < 4.78 is 3.68. The molecule has 110 valence electrons. The summed E-state index contributed by atoms with van der Waals surface area (Å²) in [4.78, 5) is 0. The number of tetrazole rings is 2. The second-order valence-electron chi connectivity index (χ2n) is 5.00. The number of hydrogen-bond acceptors (Lipinski definition) is 7. The summed E-state index contributed by atoms with van der Waals surface area (Å²) >= 11 is 1.56. The quantitative estimate of drug-likeness (QED) is 0.680. The van der Waals surface area contributed by atoms with Crippen molar-refractivity contribution in [1.29, 1.82) is 0 Å². The first-order valence-electron chi connectivity index (χ1n) is 6.84. The molecule has 0 N–H and O–H groups in total. The van der Waals surface area contributed by atoms with E-state index >= 15 is 0 Å². The summed E-state index contributed by atoms with van der Waals surface area (Å²) in [6.07, 6.45) is 2.20. The SMILES string of the molecule is CCCCn1nnnc1CSc1nnnn1CC(C)C. The molecule has 0 saturated carbocycles. The minimum atomic E-state index is 0.507. The number of hydrogen-bond donors (Lipinski definition) is 0. The number of rotatable bonds is 8. The first-order chi connectivity index (χ1) is 9.70. The van der Waals surface area contributed by atoms with E-state index in [-0.39, 0.29) is 0 Å². The van der Waals surface area contributed by atoms with Crippen LogP contribution in [0.4, 0.5) is 0 Å². The molecule has 2 rings (SSSR count). The van der Waals surface area contributed by atoms with E-state index in [0.29, 0.717) is 11.7 Å². The molecule has 0 unspecified atom stereocenters. The highest BCUT2D eigenvalue weighted by atomic mass is 32.2. The Kier molecular flexibility index (Phi) is 5.45. The maximum atomic E-state index is 4.06. The van der Waals surface area contributed by atoms with Crippen LogP contribution >= 0.6 is 11.8 Å². The van der Waals surface area contributed by atoms with Gasteiger partial charge in [-0.05, 0) is 33.2 Å². The van der Waals surface area contributed by atoms with E-state index in [1.165, 1.54) is 0 Å². The second kappa shape index (κ2) is 7.32. The van der Waals surface area contributed by atoms with Crippen LogP contribution in [0.3, 0.4) is 0 Å². The van der Waals surface area contributed by atoms with Gasteiger partial charge in [-0.3, -0.25) is 0 Å². The fourth-order valence-electron chi connectivity index (χ4n) is 1.70. The molecule has 9 heteroatoms. The Morgan fingerprint density at radius 3 is 2.60 bits per heavy atom. The van der Waals surface area contributed by atoms with Gasteiger partial charge in [0.25, 0.3) is 0 Å². The molecule has 20 heavy (non-hydrogen) atoms. The van der Waals surface area contributed by atoms with E-state index in [1.54, 1.807) is 11.8 Å². The third kappa shape index (κ3) is 3.99. The highest BCUT2D eigenvalue weighted by Crippen LogP contribution is 2.19. The number of aryl methyl sites for hydroxylation is 1. The average molecular weight is 296 g/mol. The van der Waals surface area contributed by atoms with Crippen molar-refractivity contribution in [3.05, 3.63) is 5.82 Å². The monoisotopic (exact) mass is 296 g/mol. The van der Waals surface area contributed by atoms with Crippen molar-refractivity contribution >= 4 is 11.8 Å². The van der Waals surface area contributed by atoms with E-state index < -0.39 is 0 Å². The van der Waals surface area contributed by atoms with Crippen LogP contribution in [0.1, 0.15) is 39.4 Å². The molecule has 0 radical (unpaired) electrons. The van der Waals surface area contributed by atoms with Crippen LogP contribution in [0, 0.1) is 5.92 Å². The van der Waals surface area contributed by atoms with Crippen molar-refractivity contribution in [1.82, 2.24) is 40.4 Å². The van der Waals surface area contributed by atoms with Gasteiger partial charge in [0.2, 0.25) is 5.16 Å². The van der Waals surface area contributed by atoms with Gasteiger partial charge in [-0.15, -0.1) is 10.2 Å². The molecule has 0 atom stereocenters. The number of nitrogens with zero attached hydrogens (tertiary/aromatic N) is 8. The molecule has 0 aromatic carbocycles. The summed E-state index contributed by atoms with van der Waals surface area (Å²) in [6, 6.07) is 0. The van der Waals surface area contributed by atoms with Gasteiger partial charge in [-0.2, -0.15) is 0 Å². The van der Waals surface area contributed by atoms with Crippen molar-refractivity contribution in [2.24, 2.45) is 5.92 Å². The standard InChI is InChI=1S/C11H20N8S/c1-4-5-6-18-10(12-14-16-18)8-20-11-13-15-17-19(11)7-9(2)3/h9H,4-8H2,1-3H3. The number of unbranched alkanes of at least 4 members (excludes halogenated alkanes) is 1. The van der Waals surface area contributed by atoms with Crippen LogP contribution in [0.15, 0.2) is 5.16 Å². The first kappa shape index (κ1) is 14.9. The molecule has 0 spiro atoms. The number of aromatic nitrogens is 8. The van der Waals surface area contributed by atoms with E-state index in [1.807, 2.05) is 9.36 Å². The fourth-order valence-corrected chi connectivity index (χ4v) is 2.52. The van der Waals surface area contributed by atoms with Crippen molar-refractivity contribution in [2.45, 2.75) is 57.6 Å².